The molecule has 2 heterocycles. The van der Waals surface area contributed by atoms with Gasteiger partial charge in [-0.15, -0.1) is 0 Å². The molecule has 0 saturated heterocycles. The van der Waals surface area contributed by atoms with Gasteiger partial charge in [0.15, 0.2) is 0 Å². The van der Waals surface area contributed by atoms with E-state index in [1.54, 1.807) is 29.5 Å². The van der Waals surface area contributed by atoms with Crippen molar-refractivity contribution in [1.29, 1.82) is 0 Å². The van der Waals surface area contributed by atoms with Gasteiger partial charge in [-0.2, -0.15) is 5.10 Å². The highest BCUT2D eigenvalue weighted by Gasteiger charge is 2.23. The SMILES string of the molecule is Cc1nc([N+](=O)[O-])c(NCc2cccc(Cn3cncn3)c2)n1C. The van der Waals surface area contributed by atoms with Crippen molar-refractivity contribution >= 4 is 11.6 Å². The van der Waals surface area contributed by atoms with Gasteiger partial charge in [0, 0.05) is 20.5 Å². The van der Waals surface area contributed by atoms with E-state index in [1.807, 2.05) is 24.3 Å². The van der Waals surface area contributed by atoms with Gasteiger partial charge >= 0.3 is 5.82 Å². The van der Waals surface area contributed by atoms with Crippen LogP contribution in [0, 0.1) is 17.0 Å². The number of hydrogen-bond donors (Lipinski definition) is 1. The van der Waals surface area contributed by atoms with Gasteiger partial charge in [-0.3, -0.25) is 4.57 Å². The molecule has 0 amide bonds. The van der Waals surface area contributed by atoms with Gasteiger partial charge in [0.2, 0.25) is 11.6 Å². The first kappa shape index (κ1) is 15.7. The summed E-state index contributed by atoms with van der Waals surface area (Å²) >= 11 is 0. The van der Waals surface area contributed by atoms with E-state index in [4.69, 9.17) is 0 Å². The summed E-state index contributed by atoms with van der Waals surface area (Å²) in [4.78, 5) is 18.5. The summed E-state index contributed by atoms with van der Waals surface area (Å²) in [6.45, 7) is 2.82. The zero-order valence-corrected chi connectivity index (χ0v) is 13.4. The molecule has 0 radical (unpaired) electrons. The average Bonchev–Trinajstić information content (AvgIpc) is 3.15. The standard InChI is InChI=1S/C15H17N7O2/c1-11-19-15(22(23)24)14(20(11)2)17-7-12-4-3-5-13(6-12)8-21-10-16-9-18-21/h3-6,9-10,17H,7-8H2,1-2H3. The van der Waals surface area contributed by atoms with Crippen molar-refractivity contribution in [2.24, 2.45) is 7.05 Å². The van der Waals surface area contributed by atoms with Crippen molar-refractivity contribution in [2.75, 3.05) is 5.32 Å². The minimum atomic E-state index is -0.476. The monoisotopic (exact) mass is 327 g/mol. The van der Waals surface area contributed by atoms with Crippen LogP contribution in [0.3, 0.4) is 0 Å². The largest absolute Gasteiger partial charge is 0.406 e. The molecule has 3 rings (SSSR count). The van der Waals surface area contributed by atoms with E-state index in [0.717, 1.165) is 11.1 Å². The van der Waals surface area contributed by atoms with Gasteiger partial charge in [-0.1, -0.05) is 24.3 Å². The Morgan fingerprint density at radius 1 is 1.33 bits per heavy atom. The molecule has 0 bridgehead atoms. The minimum Gasteiger partial charge on any atom is -0.360 e. The molecule has 1 N–H and O–H groups in total. The van der Waals surface area contributed by atoms with Crippen LogP contribution in [-0.2, 0) is 20.1 Å². The van der Waals surface area contributed by atoms with Gasteiger partial charge in [0.1, 0.15) is 12.7 Å². The first-order valence-corrected chi connectivity index (χ1v) is 7.36. The Morgan fingerprint density at radius 3 is 2.83 bits per heavy atom. The number of aromatic nitrogens is 5. The third kappa shape index (κ3) is 3.24. The Hall–Kier alpha value is -3.23. The van der Waals surface area contributed by atoms with Crippen LogP contribution >= 0.6 is 0 Å². The number of aryl methyl sites for hydroxylation is 1. The van der Waals surface area contributed by atoms with Gasteiger partial charge in [-0.05, 0) is 21.0 Å². The van der Waals surface area contributed by atoms with Crippen LogP contribution in [0.5, 0.6) is 0 Å². The quantitative estimate of drug-likeness (QED) is 0.547. The highest BCUT2D eigenvalue weighted by Crippen LogP contribution is 2.24. The first-order chi connectivity index (χ1) is 11.5. The number of hydrogen-bond acceptors (Lipinski definition) is 6. The summed E-state index contributed by atoms with van der Waals surface area (Å²) in [5, 5.41) is 18.3. The lowest BCUT2D eigenvalue weighted by molar-refractivity contribution is -0.388. The lowest BCUT2D eigenvalue weighted by Gasteiger charge is -2.08. The lowest BCUT2D eigenvalue weighted by Crippen LogP contribution is -2.07. The third-order valence-corrected chi connectivity index (χ3v) is 3.74. The van der Waals surface area contributed by atoms with Crippen LogP contribution in [-0.4, -0.2) is 29.2 Å². The molecule has 0 aliphatic carbocycles. The van der Waals surface area contributed by atoms with Crippen molar-refractivity contribution in [3.05, 3.63) is 64.0 Å². The van der Waals surface area contributed by atoms with Gasteiger partial charge in [0.05, 0.1) is 6.54 Å². The smallest absolute Gasteiger partial charge is 0.360 e. The van der Waals surface area contributed by atoms with Crippen molar-refractivity contribution < 1.29 is 4.92 Å². The van der Waals surface area contributed by atoms with Crippen molar-refractivity contribution in [2.45, 2.75) is 20.0 Å². The second kappa shape index (κ2) is 6.49. The van der Waals surface area contributed by atoms with Crippen molar-refractivity contribution in [3.63, 3.8) is 0 Å². The number of nitro groups is 1. The Balaban J connectivity index is 1.74. The maximum absolute atomic E-state index is 11.1. The molecule has 0 aliphatic rings. The lowest BCUT2D eigenvalue weighted by atomic mass is 10.1. The number of rotatable bonds is 6. The summed E-state index contributed by atoms with van der Waals surface area (Å²) in [6.07, 6.45) is 3.15. The molecule has 0 atom stereocenters. The fourth-order valence-electron chi connectivity index (χ4n) is 2.44. The molecule has 24 heavy (non-hydrogen) atoms. The number of benzene rings is 1. The third-order valence-electron chi connectivity index (χ3n) is 3.74. The second-order valence-electron chi connectivity index (χ2n) is 5.41. The second-order valence-corrected chi connectivity index (χ2v) is 5.41. The molecule has 2 aromatic heterocycles. The number of nitrogens with zero attached hydrogens (tertiary/aromatic N) is 6. The van der Waals surface area contributed by atoms with Crippen LogP contribution in [0.1, 0.15) is 17.0 Å². The van der Waals surface area contributed by atoms with Crippen LogP contribution < -0.4 is 5.32 Å². The number of imidazole rings is 1. The molecule has 9 heteroatoms. The molecule has 1 aromatic carbocycles. The topological polar surface area (TPSA) is 104 Å². The van der Waals surface area contributed by atoms with Crippen LogP contribution in [0.2, 0.25) is 0 Å². The van der Waals surface area contributed by atoms with Crippen LogP contribution in [0.15, 0.2) is 36.9 Å². The molecular weight excluding hydrogens is 310 g/mol. The van der Waals surface area contributed by atoms with E-state index < -0.39 is 4.92 Å². The van der Waals surface area contributed by atoms with Crippen molar-refractivity contribution in [3.8, 4) is 0 Å². The van der Waals surface area contributed by atoms with Gasteiger partial charge in [-0.25, -0.2) is 9.67 Å². The Labute approximate surface area is 138 Å². The normalized spacial score (nSPS) is 10.8. The molecule has 0 fully saturated rings. The molecule has 124 valence electrons. The van der Waals surface area contributed by atoms with Crippen LogP contribution in [0.4, 0.5) is 11.6 Å². The Morgan fingerprint density at radius 2 is 2.12 bits per heavy atom. The zero-order chi connectivity index (χ0) is 17.1. The minimum absolute atomic E-state index is 0.159. The number of nitrogens with one attached hydrogen (secondary N) is 1. The summed E-state index contributed by atoms with van der Waals surface area (Å²) < 4.78 is 3.42. The van der Waals surface area contributed by atoms with E-state index in [9.17, 15) is 10.1 Å². The summed E-state index contributed by atoms with van der Waals surface area (Å²) in [5.41, 5.74) is 2.09. The van der Waals surface area contributed by atoms with E-state index in [2.05, 4.69) is 20.4 Å². The maximum atomic E-state index is 11.1. The number of anilines is 1. The predicted molar refractivity (Wildman–Crippen MR) is 87.5 cm³/mol. The van der Waals surface area contributed by atoms with E-state index >= 15 is 0 Å². The molecule has 3 aromatic rings. The van der Waals surface area contributed by atoms with Crippen molar-refractivity contribution in [1.82, 2.24) is 24.3 Å². The summed E-state index contributed by atoms with van der Waals surface area (Å²) in [7, 11) is 1.75. The molecule has 0 saturated carbocycles. The van der Waals surface area contributed by atoms with Crippen LogP contribution in [0.25, 0.3) is 0 Å². The fraction of sp³-hybridized carbons (Fsp3) is 0.267. The van der Waals surface area contributed by atoms with Gasteiger partial charge in [0.25, 0.3) is 0 Å². The molecule has 9 nitrogen and oxygen atoms in total. The summed E-state index contributed by atoms with van der Waals surface area (Å²) in [5.74, 6) is 0.831. The fourth-order valence-corrected chi connectivity index (χ4v) is 2.44. The molecule has 0 spiro atoms. The highest BCUT2D eigenvalue weighted by molar-refractivity contribution is 5.53. The zero-order valence-electron chi connectivity index (χ0n) is 13.4. The van der Waals surface area contributed by atoms with E-state index in [1.165, 1.54) is 6.33 Å². The maximum Gasteiger partial charge on any atom is 0.406 e. The molecule has 0 aliphatic heterocycles. The Bertz CT molecular complexity index is 855. The molecule has 0 unspecified atom stereocenters. The average molecular weight is 327 g/mol. The highest BCUT2D eigenvalue weighted by atomic mass is 16.6. The first-order valence-electron chi connectivity index (χ1n) is 7.36. The Kier molecular flexibility index (Phi) is 4.23. The van der Waals surface area contributed by atoms with E-state index in [-0.39, 0.29) is 5.82 Å². The summed E-state index contributed by atoms with van der Waals surface area (Å²) in [6, 6.07) is 7.95. The van der Waals surface area contributed by atoms with Gasteiger partial charge < -0.3 is 15.4 Å². The van der Waals surface area contributed by atoms with E-state index in [0.29, 0.717) is 24.7 Å². The molecular formula is C15H17N7O2. The predicted octanol–water partition coefficient (Wildman–Crippen LogP) is 1.89.